The molecule has 0 aliphatic rings. The van der Waals surface area contributed by atoms with E-state index in [0.717, 1.165) is 40.6 Å². The molecular weight excluding hydrogens is 262 g/mol. The predicted molar refractivity (Wildman–Crippen MR) is 76.5 cm³/mol. The second-order valence-corrected chi connectivity index (χ2v) is 5.08. The molecule has 0 radical (unpaired) electrons. The largest absolute Gasteiger partial charge is 0.467 e. The average Bonchev–Trinajstić information content (AvgIpc) is 2.93. The first-order valence-electron chi connectivity index (χ1n) is 6.50. The van der Waals surface area contributed by atoms with E-state index >= 15 is 0 Å². The van der Waals surface area contributed by atoms with Gasteiger partial charge >= 0.3 is 0 Å². The maximum absolute atomic E-state index is 6.39. The average molecular weight is 282 g/mol. The van der Waals surface area contributed by atoms with Gasteiger partial charge in [0.1, 0.15) is 5.76 Å². The normalized spacial score (nSPS) is 12.9. The van der Waals surface area contributed by atoms with Gasteiger partial charge in [-0.05, 0) is 32.0 Å². The number of hydrogen-bond donors (Lipinski definition) is 1. The minimum absolute atomic E-state index is 0.104. The molecule has 1 N–H and O–H groups in total. The molecule has 1 atom stereocenters. The summed E-state index contributed by atoms with van der Waals surface area (Å²) in [5.41, 5.74) is 3.13. The van der Waals surface area contributed by atoms with E-state index in [9.17, 15) is 0 Å². The quantitative estimate of drug-likeness (QED) is 0.916. The van der Waals surface area contributed by atoms with Crippen LogP contribution in [0.15, 0.2) is 16.7 Å². The Morgan fingerprint density at radius 1 is 1.53 bits per heavy atom. The van der Waals surface area contributed by atoms with Gasteiger partial charge in [0.2, 0.25) is 0 Å². The zero-order chi connectivity index (χ0) is 14.0. The number of rotatable bonds is 5. The van der Waals surface area contributed by atoms with Gasteiger partial charge in [-0.1, -0.05) is 18.5 Å². The van der Waals surface area contributed by atoms with E-state index in [0.29, 0.717) is 0 Å². The molecule has 0 aliphatic heterocycles. The van der Waals surface area contributed by atoms with Gasteiger partial charge in [-0.15, -0.1) is 0 Å². The minimum Gasteiger partial charge on any atom is -0.467 e. The van der Waals surface area contributed by atoms with Crippen LogP contribution in [0.5, 0.6) is 0 Å². The van der Waals surface area contributed by atoms with Gasteiger partial charge in [0.25, 0.3) is 0 Å². The van der Waals surface area contributed by atoms with E-state index in [1.54, 1.807) is 6.26 Å². The molecule has 0 spiro atoms. The second kappa shape index (κ2) is 5.80. The van der Waals surface area contributed by atoms with Crippen molar-refractivity contribution in [1.29, 1.82) is 0 Å². The molecule has 0 aromatic carbocycles. The molecule has 0 amide bonds. The number of aryl methyl sites for hydroxylation is 3. The van der Waals surface area contributed by atoms with Crippen LogP contribution >= 0.6 is 11.6 Å². The number of aromatic nitrogens is 2. The molecule has 104 valence electrons. The highest BCUT2D eigenvalue weighted by atomic mass is 35.5. The van der Waals surface area contributed by atoms with Crippen LogP contribution in [-0.4, -0.2) is 16.8 Å². The highest BCUT2D eigenvalue weighted by Crippen LogP contribution is 2.27. The maximum atomic E-state index is 6.39. The van der Waals surface area contributed by atoms with Gasteiger partial charge in [0.15, 0.2) is 0 Å². The molecule has 2 aromatic rings. The second-order valence-electron chi connectivity index (χ2n) is 4.70. The van der Waals surface area contributed by atoms with Gasteiger partial charge in [-0.25, -0.2) is 0 Å². The summed E-state index contributed by atoms with van der Waals surface area (Å²) in [6.45, 7) is 4.11. The third kappa shape index (κ3) is 2.69. The van der Waals surface area contributed by atoms with E-state index in [4.69, 9.17) is 16.0 Å². The van der Waals surface area contributed by atoms with Crippen molar-refractivity contribution in [3.8, 4) is 0 Å². The van der Waals surface area contributed by atoms with E-state index in [1.165, 1.54) is 0 Å². The van der Waals surface area contributed by atoms with Gasteiger partial charge in [0, 0.05) is 13.5 Å². The zero-order valence-corrected chi connectivity index (χ0v) is 12.6. The first kappa shape index (κ1) is 14.2. The smallest absolute Gasteiger partial charge is 0.123 e. The Morgan fingerprint density at radius 2 is 2.26 bits per heavy atom. The molecular formula is C14H20ClN3O. The lowest BCUT2D eigenvalue weighted by Gasteiger charge is -2.15. The molecule has 0 fully saturated rings. The Morgan fingerprint density at radius 3 is 2.74 bits per heavy atom. The summed E-state index contributed by atoms with van der Waals surface area (Å²) in [6, 6.07) is 2.08. The van der Waals surface area contributed by atoms with Gasteiger partial charge in [0.05, 0.1) is 28.7 Å². The number of furan rings is 1. The van der Waals surface area contributed by atoms with E-state index in [-0.39, 0.29) is 6.04 Å². The fourth-order valence-corrected chi connectivity index (χ4v) is 2.67. The maximum Gasteiger partial charge on any atom is 0.123 e. The standard InChI is InChI=1S/C14H20ClN3O/c1-5-10-13(15)12(18(4)17-10)8-11(16-3)14-9(2)6-7-19-14/h6-7,11,16H,5,8H2,1-4H3. The third-order valence-corrected chi connectivity index (χ3v) is 3.90. The SMILES string of the molecule is CCc1nn(C)c(CC(NC)c2occc2C)c1Cl. The molecule has 2 rings (SSSR count). The van der Waals surface area contributed by atoms with Crippen LogP contribution in [0, 0.1) is 6.92 Å². The summed E-state index contributed by atoms with van der Waals surface area (Å²) in [5, 5.41) is 8.50. The molecule has 4 nitrogen and oxygen atoms in total. The molecule has 0 aliphatic carbocycles. The van der Waals surface area contributed by atoms with Crippen LogP contribution in [0.25, 0.3) is 0 Å². The summed E-state index contributed by atoms with van der Waals surface area (Å²) < 4.78 is 7.43. The van der Waals surface area contributed by atoms with Crippen molar-refractivity contribution in [3.05, 3.63) is 40.1 Å². The van der Waals surface area contributed by atoms with Crippen molar-refractivity contribution in [2.75, 3.05) is 7.05 Å². The van der Waals surface area contributed by atoms with Crippen molar-refractivity contribution in [3.63, 3.8) is 0 Å². The summed E-state index contributed by atoms with van der Waals surface area (Å²) in [6.07, 6.45) is 3.32. The van der Waals surface area contributed by atoms with Crippen LogP contribution in [0.1, 0.15) is 35.7 Å². The lowest BCUT2D eigenvalue weighted by molar-refractivity contribution is 0.421. The first-order valence-corrected chi connectivity index (χ1v) is 6.87. The lowest BCUT2D eigenvalue weighted by atomic mass is 10.1. The van der Waals surface area contributed by atoms with Crippen LogP contribution in [0.4, 0.5) is 0 Å². The van der Waals surface area contributed by atoms with E-state index in [1.807, 2.05) is 31.8 Å². The molecule has 2 heterocycles. The van der Waals surface area contributed by atoms with Crippen LogP contribution in [0.3, 0.4) is 0 Å². The fraction of sp³-hybridized carbons (Fsp3) is 0.500. The molecule has 0 saturated carbocycles. The van der Waals surface area contributed by atoms with Gasteiger partial charge in [-0.3, -0.25) is 4.68 Å². The van der Waals surface area contributed by atoms with Crippen LogP contribution < -0.4 is 5.32 Å². The third-order valence-electron chi connectivity index (χ3n) is 3.47. The summed E-state index contributed by atoms with van der Waals surface area (Å²) in [5.74, 6) is 0.956. The summed E-state index contributed by atoms with van der Waals surface area (Å²) in [7, 11) is 3.86. The number of nitrogens with zero attached hydrogens (tertiary/aromatic N) is 2. The Hall–Kier alpha value is -1.26. The van der Waals surface area contributed by atoms with Gasteiger partial charge < -0.3 is 9.73 Å². The van der Waals surface area contributed by atoms with Crippen molar-refractivity contribution in [2.45, 2.75) is 32.7 Å². The molecule has 2 aromatic heterocycles. The zero-order valence-electron chi connectivity index (χ0n) is 11.8. The predicted octanol–water partition coefficient (Wildman–Crippen LogP) is 3.04. The molecule has 0 bridgehead atoms. The monoisotopic (exact) mass is 281 g/mol. The summed E-state index contributed by atoms with van der Waals surface area (Å²) in [4.78, 5) is 0. The van der Waals surface area contributed by atoms with Crippen molar-refractivity contribution in [1.82, 2.24) is 15.1 Å². The highest BCUT2D eigenvalue weighted by Gasteiger charge is 2.21. The molecule has 0 saturated heterocycles. The topological polar surface area (TPSA) is 43.0 Å². The van der Waals surface area contributed by atoms with E-state index < -0.39 is 0 Å². The minimum atomic E-state index is 0.104. The Kier molecular flexibility index (Phi) is 4.32. The van der Waals surface area contributed by atoms with E-state index in [2.05, 4.69) is 17.3 Å². The molecule has 19 heavy (non-hydrogen) atoms. The Bertz CT molecular complexity index is 559. The first-order chi connectivity index (χ1) is 9.08. The van der Waals surface area contributed by atoms with Crippen molar-refractivity contribution < 1.29 is 4.42 Å². The highest BCUT2D eigenvalue weighted by molar-refractivity contribution is 6.31. The lowest BCUT2D eigenvalue weighted by Crippen LogP contribution is -2.20. The van der Waals surface area contributed by atoms with Gasteiger partial charge in [-0.2, -0.15) is 5.10 Å². The van der Waals surface area contributed by atoms with Crippen LogP contribution in [0.2, 0.25) is 5.02 Å². The number of nitrogens with one attached hydrogen (secondary N) is 1. The molecule has 5 heteroatoms. The van der Waals surface area contributed by atoms with Crippen molar-refractivity contribution in [2.24, 2.45) is 7.05 Å². The van der Waals surface area contributed by atoms with Crippen molar-refractivity contribution >= 4 is 11.6 Å². The Balaban J connectivity index is 2.29. The van der Waals surface area contributed by atoms with Crippen LogP contribution in [-0.2, 0) is 19.9 Å². The number of hydrogen-bond acceptors (Lipinski definition) is 3. The fourth-order valence-electron chi connectivity index (χ4n) is 2.30. The summed E-state index contributed by atoms with van der Waals surface area (Å²) >= 11 is 6.39. The number of halogens is 1. The Labute approximate surface area is 118 Å². The molecule has 1 unspecified atom stereocenters. The number of likely N-dealkylation sites (N-methyl/N-ethyl adjacent to an activating group) is 1.